The monoisotopic (exact) mass is 254 g/mol. The molecule has 0 aromatic rings. The van der Waals surface area contributed by atoms with E-state index >= 15 is 0 Å². The average Bonchev–Trinajstić information content (AvgIpc) is 2.33. The number of carboxylic acids is 1. The molecule has 1 rings (SSSR count). The molecule has 1 aliphatic rings. The number of aliphatic carboxylic acids is 1. The lowest BCUT2D eigenvalue weighted by atomic mass is 9.85. The third-order valence-electron chi connectivity index (χ3n) is 3.74. The molecular weight excluding hydrogens is 228 g/mol. The first kappa shape index (κ1) is 15.2. The number of hydrogen-bond donors (Lipinski definition) is 2. The predicted octanol–water partition coefficient (Wildman–Crippen LogP) is 3.66. The van der Waals surface area contributed by atoms with Crippen LogP contribution in [0.4, 0.5) is 0 Å². The van der Waals surface area contributed by atoms with Gasteiger partial charge in [0.2, 0.25) is 0 Å². The van der Waals surface area contributed by atoms with Crippen molar-refractivity contribution in [2.45, 2.75) is 76.2 Å². The highest BCUT2D eigenvalue weighted by Gasteiger charge is 2.24. The van der Waals surface area contributed by atoms with Gasteiger partial charge >= 0.3 is 5.97 Å². The second-order valence-electron chi connectivity index (χ2n) is 5.47. The standard InChI is InChI=1S/C15H26O3/c16-14(17)10-6-9-13-15(18)11-7-4-2-1-3-5-8-12-15/h6,9,18H,1-5,7-8,10-13H2,(H,16,17)/b9-6+. The molecule has 2 N–H and O–H groups in total. The van der Waals surface area contributed by atoms with E-state index in [-0.39, 0.29) is 6.42 Å². The Hall–Kier alpha value is -0.830. The van der Waals surface area contributed by atoms with Crippen LogP contribution in [0.25, 0.3) is 0 Å². The second kappa shape index (κ2) is 8.30. The van der Waals surface area contributed by atoms with Crippen molar-refractivity contribution < 1.29 is 15.0 Å². The summed E-state index contributed by atoms with van der Waals surface area (Å²) in [6.45, 7) is 0. The molecule has 18 heavy (non-hydrogen) atoms. The van der Waals surface area contributed by atoms with E-state index in [9.17, 15) is 9.90 Å². The molecule has 0 saturated heterocycles. The van der Waals surface area contributed by atoms with Crippen LogP contribution in [0, 0.1) is 0 Å². The third-order valence-corrected chi connectivity index (χ3v) is 3.74. The molecule has 1 fully saturated rings. The number of carboxylic acid groups (broad SMARTS) is 1. The predicted molar refractivity (Wildman–Crippen MR) is 72.5 cm³/mol. The molecule has 3 heteroatoms. The summed E-state index contributed by atoms with van der Waals surface area (Å²) in [7, 11) is 0. The molecule has 0 aliphatic heterocycles. The van der Waals surface area contributed by atoms with Crippen LogP contribution >= 0.6 is 0 Å². The van der Waals surface area contributed by atoms with Crippen LogP contribution < -0.4 is 0 Å². The van der Waals surface area contributed by atoms with E-state index in [0.717, 1.165) is 25.7 Å². The number of aliphatic hydroxyl groups is 1. The minimum absolute atomic E-state index is 0.0517. The highest BCUT2D eigenvalue weighted by atomic mass is 16.4. The smallest absolute Gasteiger partial charge is 0.307 e. The van der Waals surface area contributed by atoms with Gasteiger partial charge in [-0.05, 0) is 19.3 Å². The summed E-state index contributed by atoms with van der Waals surface area (Å²) in [5.41, 5.74) is -0.605. The molecule has 0 spiro atoms. The Bertz CT molecular complexity index is 261. The van der Waals surface area contributed by atoms with E-state index in [4.69, 9.17) is 5.11 Å². The summed E-state index contributed by atoms with van der Waals surface area (Å²) in [6, 6.07) is 0. The van der Waals surface area contributed by atoms with Gasteiger partial charge in [-0.2, -0.15) is 0 Å². The quantitative estimate of drug-likeness (QED) is 0.753. The summed E-state index contributed by atoms with van der Waals surface area (Å²) in [5.74, 6) is -0.816. The fourth-order valence-electron chi connectivity index (χ4n) is 2.61. The van der Waals surface area contributed by atoms with E-state index in [1.54, 1.807) is 6.08 Å². The molecule has 0 aromatic heterocycles. The summed E-state index contributed by atoms with van der Waals surface area (Å²) >= 11 is 0. The van der Waals surface area contributed by atoms with Crippen molar-refractivity contribution >= 4 is 5.97 Å². The Morgan fingerprint density at radius 3 is 1.94 bits per heavy atom. The van der Waals surface area contributed by atoms with Gasteiger partial charge in [-0.15, -0.1) is 0 Å². The first-order chi connectivity index (χ1) is 8.62. The van der Waals surface area contributed by atoms with Gasteiger partial charge in [-0.25, -0.2) is 0 Å². The Labute approximate surface area is 110 Å². The van der Waals surface area contributed by atoms with Crippen LogP contribution in [0.3, 0.4) is 0 Å². The zero-order chi connectivity index (χ0) is 13.3. The van der Waals surface area contributed by atoms with Crippen molar-refractivity contribution in [1.82, 2.24) is 0 Å². The van der Waals surface area contributed by atoms with E-state index < -0.39 is 11.6 Å². The van der Waals surface area contributed by atoms with Gasteiger partial charge in [0.05, 0.1) is 12.0 Å². The summed E-state index contributed by atoms with van der Waals surface area (Å²) in [6.07, 6.45) is 14.3. The molecule has 1 saturated carbocycles. The minimum Gasteiger partial charge on any atom is -0.481 e. The maximum Gasteiger partial charge on any atom is 0.307 e. The average molecular weight is 254 g/mol. The minimum atomic E-state index is -0.816. The van der Waals surface area contributed by atoms with Gasteiger partial charge in [0.25, 0.3) is 0 Å². The van der Waals surface area contributed by atoms with Crippen molar-refractivity contribution in [2.75, 3.05) is 0 Å². The van der Waals surface area contributed by atoms with Crippen LogP contribution in [0.5, 0.6) is 0 Å². The largest absolute Gasteiger partial charge is 0.481 e. The van der Waals surface area contributed by atoms with E-state index in [1.807, 2.05) is 6.08 Å². The van der Waals surface area contributed by atoms with Gasteiger partial charge < -0.3 is 10.2 Å². The van der Waals surface area contributed by atoms with E-state index in [1.165, 1.54) is 32.1 Å². The van der Waals surface area contributed by atoms with Crippen molar-refractivity contribution in [1.29, 1.82) is 0 Å². The zero-order valence-electron chi connectivity index (χ0n) is 11.2. The van der Waals surface area contributed by atoms with Gasteiger partial charge in [0, 0.05) is 0 Å². The fourth-order valence-corrected chi connectivity index (χ4v) is 2.61. The van der Waals surface area contributed by atoms with Crippen molar-refractivity contribution in [3.8, 4) is 0 Å². The number of rotatable bonds is 4. The van der Waals surface area contributed by atoms with Crippen LogP contribution in [0.2, 0.25) is 0 Å². The fraction of sp³-hybridized carbons (Fsp3) is 0.800. The number of carbonyl (C=O) groups is 1. The number of hydrogen-bond acceptors (Lipinski definition) is 2. The first-order valence-electron chi connectivity index (χ1n) is 7.22. The normalized spacial score (nSPS) is 21.8. The maximum absolute atomic E-state index is 10.6. The molecular formula is C15H26O3. The maximum atomic E-state index is 10.6. The van der Waals surface area contributed by atoms with Crippen molar-refractivity contribution in [3.05, 3.63) is 12.2 Å². The summed E-state index contributed by atoms with van der Waals surface area (Å²) < 4.78 is 0. The van der Waals surface area contributed by atoms with Crippen LogP contribution in [0.1, 0.15) is 70.6 Å². The van der Waals surface area contributed by atoms with Crippen LogP contribution in [0.15, 0.2) is 12.2 Å². The Balaban J connectivity index is 2.40. The van der Waals surface area contributed by atoms with Gasteiger partial charge in [0.1, 0.15) is 0 Å². The van der Waals surface area contributed by atoms with Crippen LogP contribution in [-0.4, -0.2) is 21.8 Å². The SMILES string of the molecule is O=C(O)C/C=C/CC1(O)CCCCCCCCC1. The van der Waals surface area contributed by atoms with E-state index in [2.05, 4.69) is 0 Å². The third kappa shape index (κ3) is 6.80. The van der Waals surface area contributed by atoms with E-state index in [0.29, 0.717) is 6.42 Å². The molecule has 3 nitrogen and oxygen atoms in total. The van der Waals surface area contributed by atoms with Gasteiger partial charge in [-0.3, -0.25) is 4.79 Å². The van der Waals surface area contributed by atoms with Gasteiger partial charge in [0.15, 0.2) is 0 Å². The topological polar surface area (TPSA) is 57.5 Å². The van der Waals surface area contributed by atoms with Crippen molar-refractivity contribution in [2.24, 2.45) is 0 Å². The second-order valence-corrected chi connectivity index (χ2v) is 5.47. The lowest BCUT2D eigenvalue weighted by Crippen LogP contribution is -2.28. The van der Waals surface area contributed by atoms with Gasteiger partial charge in [-0.1, -0.05) is 57.1 Å². The summed E-state index contributed by atoms with van der Waals surface area (Å²) in [4.78, 5) is 10.4. The Morgan fingerprint density at radius 2 is 1.44 bits per heavy atom. The first-order valence-corrected chi connectivity index (χ1v) is 7.22. The lowest BCUT2D eigenvalue weighted by Gasteiger charge is -2.28. The highest BCUT2D eigenvalue weighted by Crippen LogP contribution is 2.28. The zero-order valence-corrected chi connectivity index (χ0v) is 11.2. The highest BCUT2D eigenvalue weighted by molar-refractivity contribution is 5.68. The van der Waals surface area contributed by atoms with Crippen LogP contribution in [-0.2, 0) is 4.79 Å². The van der Waals surface area contributed by atoms with Crippen molar-refractivity contribution in [3.63, 3.8) is 0 Å². The molecule has 0 aromatic carbocycles. The lowest BCUT2D eigenvalue weighted by molar-refractivity contribution is -0.136. The molecule has 0 amide bonds. The molecule has 1 aliphatic carbocycles. The molecule has 0 heterocycles. The Kier molecular flexibility index (Phi) is 7.02. The molecule has 0 bridgehead atoms. The molecule has 0 radical (unpaired) electrons. The molecule has 104 valence electrons. The Morgan fingerprint density at radius 1 is 0.944 bits per heavy atom. The summed E-state index contributed by atoms with van der Waals surface area (Å²) in [5, 5.41) is 19.1. The molecule has 0 unspecified atom stereocenters. The molecule has 0 atom stereocenters.